The average Bonchev–Trinajstić information content (AvgIpc) is 3.68. The fraction of sp³-hybridized carbons (Fsp3) is 0. The second-order valence-corrected chi connectivity index (χ2v) is 8.86. The lowest BCUT2D eigenvalue weighted by Gasteiger charge is -2.11. The molecule has 0 fully saturated rings. The molecule has 0 radical (unpaired) electrons. The van der Waals surface area contributed by atoms with Crippen molar-refractivity contribution in [2.45, 2.75) is 0 Å². The number of fused-ring (bicyclic) bond motifs is 2. The maximum Gasteiger partial charge on any atom is 0.305 e. The van der Waals surface area contributed by atoms with Crippen LogP contribution in [-0.4, -0.2) is 15.0 Å². The molecule has 6 rings (SSSR count). The van der Waals surface area contributed by atoms with E-state index in [4.69, 9.17) is 6.57 Å². The smallest absolute Gasteiger partial charge is 0.238 e. The number of hydrogen-bond acceptors (Lipinski definition) is 10. The molecule has 45 heavy (non-hydrogen) atoms. The Morgan fingerprint density at radius 2 is 1.27 bits per heavy atom. The third kappa shape index (κ3) is 4.43. The second kappa shape index (κ2) is 10.7. The monoisotopic (exact) mass is 603 g/mol. The molecule has 3 heterocycles. The second-order valence-electron chi connectivity index (χ2n) is 8.86. The topological polar surface area (TPSA) is 164 Å². The van der Waals surface area contributed by atoms with E-state index in [1.165, 1.54) is 12.1 Å². The van der Waals surface area contributed by atoms with Gasteiger partial charge in [0.25, 0.3) is 0 Å². The third-order valence-electron chi connectivity index (χ3n) is 6.35. The summed E-state index contributed by atoms with van der Waals surface area (Å²) in [6.45, 7) is 7.13. The van der Waals surface area contributed by atoms with E-state index in [0.29, 0.717) is 10.7 Å². The molecule has 0 bridgehead atoms. The maximum atomic E-state index is 15.0. The number of nitrogens with zero attached hydrogens (tertiary/aromatic N) is 11. The van der Waals surface area contributed by atoms with Gasteiger partial charge < -0.3 is 0 Å². The zero-order valence-corrected chi connectivity index (χ0v) is 21.8. The van der Waals surface area contributed by atoms with Gasteiger partial charge in [0.15, 0.2) is 52.4 Å². The summed E-state index contributed by atoms with van der Waals surface area (Å²) in [4.78, 5) is 31.6. The number of nitriles is 3. The van der Waals surface area contributed by atoms with Crippen LogP contribution in [0, 0.1) is 69.7 Å². The molecule has 0 atom stereocenters. The van der Waals surface area contributed by atoms with E-state index in [0.717, 1.165) is 0 Å². The highest BCUT2D eigenvalue weighted by atomic mass is 19.2. The van der Waals surface area contributed by atoms with Crippen molar-refractivity contribution in [1.29, 1.82) is 15.8 Å². The summed E-state index contributed by atoms with van der Waals surface area (Å²) in [5, 5.41) is 30.0. The van der Waals surface area contributed by atoms with Crippen molar-refractivity contribution in [3.05, 3.63) is 127 Å². The zero-order valence-electron chi connectivity index (χ0n) is 21.8. The molecule has 0 saturated heterocycles. The lowest BCUT2D eigenvalue weighted by atomic mass is 10.1. The first-order valence-electron chi connectivity index (χ1n) is 12.2. The van der Waals surface area contributed by atoms with Crippen LogP contribution in [0.3, 0.4) is 0 Å². The summed E-state index contributed by atoms with van der Waals surface area (Å²) < 4.78 is 72.2. The van der Waals surface area contributed by atoms with E-state index in [1.807, 2.05) is 6.07 Å². The van der Waals surface area contributed by atoms with Crippen LogP contribution in [0.1, 0.15) is 11.4 Å². The van der Waals surface area contributed by atoms with Gasteiger partial charge in [-0.3, -0.25) is 0 Å². The van der Waals surface area contributed by atoms with Crippen molar-refractivity contribution in [2.24, 2.45) is 20.0 Å². The molecule has 0 amide bonds. The Morgan fingerprint density at radius 1 is 0.667 bits per heavy atom. The standard InChI is InChI=1S/C29H6F5N11/c1-38-17(10-37)28-41-16-7-6-11(12(8-35)24(16)42-28)25-43-27(13(9-36)26-39-14-4-2-3-5-15(14)40-26)45-29(44-25)18-19(30)21(32)23(34)22(33)20(18)31/h2-7H/b28-17+. The Kier molecular flexibility index (Phi) is 6.66. The summed E-state index contributed by atoms with van der Waals surface area (Å²) in [5.74, 6) is -14.2. The minimum atomic E-state index is -2.42. The van der Waals surface area contributed by atoms with Crippen LogP contribution in [0.15, 0.2) is 73.7 Å². The van der Waals surface area contributed by atoms with Crippen LogP contribution in [0.25, 0.3) is 33.2 Å². The van der Waals surface area contributed by atoms with Crippen LogP contribution >= 0.6 is 0 Å². The lowest BCUT2D eigenvalue weighted by molar-refractivity contribution is 0.380. The minimum absolute atomic E-state index is 0.0807. The van der Waals surface area contributed by atoms with Crippen molar-refractivity contribution in [1.82, 2.24) is 15.0 Å². The fourth-order valence-electron chi connectivity index (χ4n) is 4.30. The number of halogens is 5. The summed E-state index contributed by atoms with van der Waals surface area (Å²) in [5.41, 5.74) is -2.92. The molecular weight excluding hydrogens is 597 g/mol. The van der Waals surface area contributed by atoms with Crippen LogP contribution in [0.5, 0.6) is 0 Å². The predicted octanol–water partition coefficient (Wildman–Crippen LogP) is 2.78. The highest BCUT2D eigenvalue weighted by Crippen LogP contribution is 2.32. The summed E-state index contributed by atoms with van der Waals surface area (Å²) in [6.07, 6.45) is 0. The number of hydrogen-bond donors (Lipinski definition) is 0. The van der Waals surface area contributed by atoms with Gasteiger partial charge in [0.1, 0.15) is 23.1 Å². The minimum Gasteiger partial charge on any atom is -0.238 e. The number of allylic oxidation sites excluding steroid dienone is 2. The van der Waals surface area contributed by atoms with E-state index < -0.39 is 63.4 Å². The van der Waals surface area contributed by atoms with Crippen molar-refractivity contribution in [3.8, 4) is 41.0 Å². The summed E-state index contributed by atoms with van der Waals surface area (Å²) in [6, 6.07) is 14.3. The van der Waals surface area contributed by atoms with Gasteiger partial charge in [0.05, 0.1) is 39.8 Å². The van der Waals surface area contributed by atoms with Gasteiger partial charge >= 0.3 is 5.70 Å². The molecule has 0 N–H and O–H groups in total. The normalized spacial score (nSPS) is 13.4. The average molecular weight is 603 g/mol. The van der Waals surface area contributed by atoms with Crippen molar-refractivity contribution >= 4 is 5.57 Å². The molecule has 11 nitrogen and oxygen atoms in total. The van der Waals surface area contributed by atoms with Crippen LogP contribution in [-0.2, 0) is 0 Å². The molecule has 0 spiro atoms. The SMILES string of the molecule is [C-]#[N+]/C(C#N)=C1\N=c2ccc(-c3nc(C(C#N)=C4N=c5ccccc5=N4)nc(-c4c(F)c(F)c(F)c(F)c4F)n3)c(C#N)c2=N1. The first kappa shape index (κ1) is 28.1. The maximum absolute atomic E-state index is 15.0. The van der Waals surface area contributed by atoms with E-state index in [1.54, 1.807) is 36.4 Å². The Morgan fingerprint density at radius 3 is 1.84 bits per heavy atom. The van der Waals surface area contributed by atoms with Gasteiger partial charge in [0.2, 0.25) is 5.82 Å². The van der Waals surface area contributed by atoms with E-state index in [-0.39, 0.29) is 33.5 Å². The Labute approximate surface area is 246 Å². The summed E-state index contributed by atoms with van der Waals surface area (Å²) >= 11 is 0. The third-order valence-corrected chi connectivity index (χ3v) is 6.35. The zero-order chi connectivity index (χ0) is 32.0. The predicted molar refractivity (Wildman–Crippen MR) is 138 cm³/mol. The highest BCUT2D eigenvalue weighted by molar-refractivity contribution is 5.78. The highest BCUT2D eigenvalue weighted by Gasteiger charge is 2.30. The molecule has 4 aromatic rings. The van der Waals surface area contributed by atoms with Gasteiger partial charge in [-0.2, -0.15) is 10.5 Å². The van der Waals surface area contributed by atoms with Gasteiger partial charge in [0, 0.05) is 5.56 Å². The molecule has 0 aliphatic carbocycles. The van der Waals surface area contributed by atoms with Crippen LogP contribution in [0.2, 0.25) is 0 Å². The molecule has 212 valence electrons. The first-order chi connectivity index (χ1) is 21.7. The quantitative estimate of drug-likeness (QED) is 0.115. The molecular formula is C29H6F5N11. The van der Waals surface area contributed by atoms with E-state index in [2.05, 4.69) is 39.8 Å². The van der Waals surface area contributed by atoms with Crippen molar-refractivity contribution in [3.63, 3.8) is 0 Å². The van der Waals surface area contributed by atoms with Gasteiger partial charge in [-0.1, -0.05) is 12.1 Å². The molecule has 3 aromatic carbocycles. The Balaban J connectivity index is 1.69. The number of rotatable bonds is 3. The molecule has 2 aliphatic rings. The Hall–Kier alpha value is -7.04. The van der Waals surface area contributed by atoms with Crippen molar-refractivity contribution < 1.29 is 22.0 Å². The summed E-state index contributed by atoms with van der Waals surface area (Å²) in [7, 11) is 0. The van der Waals surface area contributed by atoms with Crippen LogP contribution in [0.4, 0.5) is 22.0 Å². The molecule has 1 aromatic heterocycles. The van der Waals surface area contributed by atoms with Gasteiger partial charge in [-0.05, 0) is 24.3 Å². The molecule has 16 heteroatoms. The number of aromatic nitrogens is 3. The van der Waals surface area contributed by atoms with Gasteiger partial charge in [-0.25, -0.2) is 67.0 Å². The lowest BCUT2D eigenvalue weighted by Crippen LogP contribution is -2.26. The fourth-order valence-corrected chi connectivity index (χ4v) is 4.30. The van der Waals surface area contributed by atoms with E-state index in [9.17, 15) is 37.7 Å². The number of benzene rings is 3. The molecule has 2 aliphatic heterocycles. The largest absolute Gasteiger partial charge is 0.305 e. The first-order valence-corrected chi connectivity index (χ1v) is 12.2. The van der Waals surface area contributed by atoms with Crippen LogP contribution < -0.4 is 21.4 Å². The van der Waals surface area contributed by atoms with E-state index >= 15 is 0 Å². The Bertz CT molecular complexity index is 2470. The van der Waals surface area contributed by atoms with Gasteiger partial charge in [-0.15, -0.1) is 0 Å². The molecule has 0 unspecified atom stereocenters. The molecule has 0 saturated carbocycles. The number of para-hydroxylation sites is 2. The van der Waals surface area contributed by atoms with Crippen molar-refractivity contribution in [2.75, 3.05) is 0 Å².